The Bertz CT molecular complexity index is 111. The normalized spacial score (nSPS) is 49.7. The van der Waals surface area contributed by atoms with Gasteiger partial charge < -0.3 is 4.74 Å². The van der Waals surface area contributed by atoms with Crippen LogP contribution in [0.25, 0.3) is 0 Å². The summed E-state index contributed by atoms with van der Waals surface area (Å²) in [6.07, 6.45) is 4.81. The molecule has 52 valence electrons. The second kappa shape index (κ2) is 1.98. The van der Waals surface area contributed by atoms with E-state index >= 15 is 0 Å². The first kappa shape index (κ1) is 5.72. The van der Waals surface area contributed by atoms with Gasteiger partial charge in [-0.1, -0.05) is 13.3 Å². The zero-order valence-electron chi connectivity index (χ0n) is 5.97. The van der Waals surface area contributed by atoms with E-state index < -0.39 is 0 Å². The average Bonchev–Trinajstić information content (AvgIpc) is 2.35. The Morgan fingerprint density at radius 3 is 3.00 bits per heavy atom. The minimum Gasteiger partial charge on any atom is -0.378 e. The molecule has 9 heavy (non-hydrogen) atoms. The van der Waals surface area contributed by atoms with Crippen LogP contribution in [0, 0.1) is 11.8 Å². The van der Waals surface area contributed by atoms with E-state index in [0.717, 1.165) is 18.4 Å². The van der Waals surface area contributed by atoms with Crippen LogP contribution in [0.5, 0.6) is 0 Å². The third-order valence-electron chi connectivity index (χ3n) is 2.81. The van der Waals surface area contributed by atoms with Gasteiger partial charge in [-0.3, -0.25) is 0 Å². The molecule has 2 fully saturated rings. The van der Waals surface area contributed by atoms with Gasteiger partial charge in [0.15, 0.2) is 0 Å². The van der Waals surface area contributed by atoms with Crippen LogP contribution in [0.3, 0.4) is 0 Å². The van der Waals surface area contributed by atoms with Crippen molar-refractivity contribution in [1.82, 2.24) is 0 Å². The quantitative estimate of drug-likeness (QED) is 0.481. The molecule has 1 aliphatic heterocycles. The van der Waals surface area contributed by atoms with Gasteiger partial charge in [0, 0.05) is 6.61 Å². The third-order valence-corrected chi connectivity index (χ3v) is 2.81. The second-order valence-electron chi connectivity index (χ2n) is 3.44. The van der Waals surface area contributed by atoms with Crippen LogP contribution >= 0.6 is 0 Å². The maximum Gasteiger partial charge on any atom is 0.0606 e. The molecular formula is C8H14O. The molecule has 2 aliphatic rings. The van der Waals surface area contributed by atoms with Crippen molar-refractivity contribution in [3.8, 4) is 0 Å². The predicted molar refractivity (Wildman–Crippen MR) is 36.2 cm³/mol. The summed E-state index contributed by atoms with van der Waals surface area (Å²) in [5.74, 6) is 1.77. The highest BCUT2D eigenvalue weighted by Crippen LogP contribution is 2.38. The molecule has 1 saturated heterocycles. The Morgan fingerprint density at radius 1 is 1.33 bits per heavy atom. The van der Waals surface area contributed by atoms with Gasteiger partial charge in [0.2, 0.25) is 0 Å². The van der Waals surface area contributed by atoms with E-state index in [4.69, 9.17) is 4.74 Å². The summed E-state index contributed by atoms with van der Waals surface area (Å²) < 4.78 is 5.59. The summed E-state index contributed by atoms with van der Waals surface area (Å²) >= 11 is 0. The maximum atomic E-state index is 5.59. The number of ether oxygens (including phenoxy) is 1. The van der Waals surface area contributed by atoms with Gasteiger partial charge in [-0.05, 0) is 24.7 Å². The van der Waals surface area contributed by atoms with Gasteiger partial charge >= 0.3 is 0 Å². The fourth-order valence-corrected chi connectivity index (χ4v) is 2.21. The van der Waals surface area contributed by atoms with Crippen molar-refractivity contribution in [2.45, 2.75) is 32.3 Å². The Morgan fingerprint density at radius 2 is 2.22 bits per heavy atom. The summed E-state index contributed by atoms with van der Waals surface area (Å²) in [5, 5.41) is 0. The van der Waals surface area contributed by atoms with Gasteiger partial charge in [0.25, 0.3) is 0 Å². The largest absolute Gasteiger partial charge is 0.378 e. The van der Waals surface area contributed by atoms with Crippen LogP contribution in [0.4, 0.5) is 0 Å². The molecule has 1 saturated carbocycles. The molecule has 0 N–H and O–H groups in total. The minimum absolute atomic E-state index is 0.653. The van der Waals surface area contributed by atoms with Crippen LogP contribution in [0.1, 0.15) is 26.2 Å². The molecule has 1 nitrogen and oxygen atoms in total. The molecule has 0 aromatic rings. The van der Waals surface area contributed by atoms with Crippen molar-refractivity contribution in [2.75, 3.05) is 6.61 Å². The first-order valence-electron chi connectivity index (χ1n) is 3.99. The zero-order valence-corrected chi connectivity index (χ0v) is 5.97. The van der Waals surface area contributed by atoms with Crippen molar-refractivity contribution in [1.29, 1.82) is 0 Å². The van der Waals surface area contributed by atoms with Gasteiger partial charge in [-0.2, -0.15) is 0 Å². The van der Waals surface area contributed by atoms with E-state index in [9.17, 15) is 0 Å². The summed E-state index contributed by atoms with van der Waals surface area (Å²) in [5.41, 5.74) is 0. The van der Waals surface area contributed by atoms with Gasteiger partial charge in [-0.15, -0.1) is 0 Å². The van der Waals surface area contributed by atoms with E-state index in [1.54, 1.807) is 0 Å². The van der Waals surface area contributed by atoms with Crippen LogP contribution in [-0.2, 0) is 4.74 Å². The number of hydrogen-bond donors (Lipinski definition) is 0. The van der Waals surface area contributed by atoms with Crippen molar-refractivity contribution in [3.63, 3.8) is 0 Å². The van der Waals surface area contributed by atoms with Crippen molar-refractivity contribution >= 4 is 0 Å². The standard InChI is InChI=1S/C8H14O/c1-6-5-9-8-4-2-3-7(6)8/h6-8H,2-5H2,1H3/t6-,7-,8-/m0/s1. The Labute approximate surface area is 56.4 Å². The molecule has 0 spiro atoms. The van der Waals surface area contributed by atoms with E-state index in [2.05, 4.69) is 6.92 Å². The van der Waals surface area contributed by atoms with Crippen LogP contribution in [0.2, 0.25) is 0 Å². The lowest BCUT2D eigenvalue weighted by Crippen LogP contribution is -2.10. The first-order chi connectivity index (χ1) is 4.38. The van der Waals surface area contributed by atoms with E-state index in [1.807, 2.05) is 0 Å². The number of fused-ring (bicyclic) bond motifs is 1. The summed E-state index contributed by atoms with van der Waals surface area (Å²) in [7, 11) is 0. The van der Waals surface area contributed by atoms with Gasteiger partial charge in [0.05, 0.1) is 6.10 Å². The molecule has 2 rings (SSSR count). The molecule has 1 heteroatoms. The highest BCUT2D eigenvalue weighted by molar-refractivity contribution is 4.86. The van der Waals surface area contributed by atoms with Crippen LogP contribution in [-0.4, -0.2) is 12.7 Å². The monoisotopic (exact) mass is 126 g/mol. The molecule has 0 bridgehead atoms. The highest BCUT2D eigenvalue weighted by atomic mass is 16.5. The molecule has 0 aromatic carbocycles. The molecule has 0 aromatic heterocycles. The molecule has 1 heterocycles. The summed E-state index contributed by atoms with van der Waals surface area (Å²) in [6.45, 7) is 3.34. The molecule has 0 amide bonds. The minimum atomic E-state index is 0.653. The fourth-order valence-electron chi connectivity index (χ4n) is 2.21. The average molecular weight is 126 g/mol. The lowest BCUT2D eigenvalue weighted by Gasteiger charge is -2.09. The molecule has 1 aliphatic carbocycles. The summed E-state index contributed by atoms with van der Waals surface area (Å²) in [4.78, 5) is 0. The second-order valence-corrected chi connectivity index (χ2v) is 3.44. The highest BCUT2D eigenvalue weighted by Gasteiger charge is 2.37. The van der Waals surface area contributed by atoms with Crippen LogP contribution < -0.4 is 0 Å². The predicted octanol–water partition coefficient (Wildman–Crippen LogP) is 1.82. The lowest BCUT2D eigenvalue weighted by molar-refractivity contribution is 0.101. The SMILES string of the molecule is C[C@H]1CO[C@H]2CCC[C@H]21. The van der Waals surface area contributed by atoms with E-state index in [0.29, 0.717) is 6.10 Å². The maximum absolute atomic E-state index is 5.59. The van der Waals surface area contributed by atoms with Gasteiger partial charge in [-0.25, -0.2) is 0 Å². The van der Waals surface area contributed by atoms with Crippen molar-refractivity contribution < 1.29 is 4.74 Å². The third kappa shape index (κ3) is 0.787. The van der Waals surface area contributed by atoms with Gasteiger partial charge in [0.1, 0.15) is 0 Å². The fraction of sp³-hybridized carbons (Fsp3) is 1.00. The molecular weight excluding hydrogens is 112 g/mol. The topological polar surface area (TPSA) is 9.23 Å². The van der Waals surface area contributed by atoms with E-state index in [1.165, 1.54) is 19.3 Å². The zero-order chi connectivity index (χ0) is 6.27. The molecule has 3 atom stereocenters. The number of hydrogen-bond acceptors (Lipinski definition) is 1. The molecule has 0 unspecified atom stereocenters. The first-order valence-corrected chi connectivity index (χ1v) is 3.99. The Balaban J connectivity index is 2.07. The van der Waals surface area contributed by atoms with Crippen molar-refractivity contribution in [3.05, 3.63) is 0 Å². The lowest BCUT2D eigenvalue weighted by atomic mass is 9.95. The Hall–Kier alpha value is -0.0400. The Kier molecular flexibility index (Phi) is 1.26. The number of rotatable bonds is 0. The smallest absolute Gasteiger partial charge is 0.0606 e. The molecule has 0 radical (unpaired) electrons. The summed E-state index contributed by atoms with van der Waals surface area (Å²) in [6, 6.07) is 0. The van der Waals surface area contributed by atoms with E-state index in [-0.39, 0.29) is 0 Å². The van der Waals surface area contributed by atoms with Crippen LogP contribution in [0.15, 0.2) is 0 Å². The van der Waals surface area contributed by atoms with Crippen molar-refractivity contribution in [2.24, 2.45) is 11.8 Å².